The number of nitrogens with two attached hydrogens (primary N) is 1. The molecule has 2 heterocycles. The summed E-state index contributed by atoms with van der Waals surface area (Å²) in [4.78, 5) is 25.1. The Morgan fingerprint density at radius 2 is 2.11 bits per heavy atom. The van der Waals surface area contributed by atoms with Gasteiger partial charge in [0, 0.05) is 36.6 Å². The molecule has 1 saturated carbocycles. The van der Waals surface area contributed by atoms with E-state index in [0.29, 0.717) is 18.8 Å². The average Bonchev–Trinajstić information content (AvgIpc) is 2.91. The van der Waals surface area contributed by atoms with E-state index < -0.39 is 17.5 Å². The molecule has 2 aliphatic carbocycles. The molecule has 6 nitrogen and oxygen atoms in total. The summed E-state index contributed by atoms with van der Waals surface area (Å²) in [5.41, 5.74) is 9.17. The summed E-state index contributed by atoms with van der Waals surface area (Å²) >= 11 is 0. The standard InChI is InChI=1S/C20H25FN4O2/c21-12-5-6-15-19(20(12)27)18-11(7-8-23-10-16(18)24-15)9-17(26)25-14-4-2-1-3-13(14)22/h5-7,13-14,19,23-24H,1-4,8-10,22H2,(H,25,26). The topological polar surface area (TPSA) is 96.2 Å². The Kier molecular flexibility index (Phi) is 4.97. The first-order chi connectivity index (χ1) is 13.0. The van der Waals surface area contributed by atoms with Gasteiger partial charge in [-0.25, -0.2) is 4.39 Å². The minimum Gasteiger partial charge on any atom is -0.360 e. The summed E-state index contributed by atoms with van der Waals surface area (Å²) in [5, 5.41) is 9.53. The zero-order chi connectivity index (χ0) is 19.0. The Bertz CT molecular complexity index is 796. The molecule has 144 valence electrons. The molecule has 0 aromatic rings. The summed E-state index contributed by atoms with van der Waals surface area (Å²) in [5.74, 6) is -2.07. The number of nitrogens with one attached hydrogen (secondary N) is 3. The van der Waals surface area contributed by atoms with Crippen molar-refractivity contribution in [2.75, 3.05) is 13.1 Å². The van der Waals surface area contributed by atoms with Gasteiger partial charge in [-0.2, -0.15) is 0 Å². The lowest BCUT2D eigenvalue weighted by atomic mass is 9.84. The zero-order valence-corrected chi connectivity index (χ0v) is 15.2. The summed E-state index contributed by atoms with van der Waals surface area (Å²) in [6.07, 6.45) is 8.88. The maximum Gasteiger partial charge on any atom is 0.224 e. The van der Waals surface area contributed by atoms with Gasteiger partial charge >= 0.3 is 0 Å². The highest BCUT2D eigenvalue weighted by Crippen LogP contribution is 2.40. The Hall–Kier alpha value is -2.25. The Morgan fingerprint density at radius 1 is 1.30 bits per heavy atom. The van der Waals surface area contributed by atoms with E-state index in [1.54, 1.807) is 6.08 Å². The van der Waals surface area contributed by atoms with Gasteiger partial charge in [-0.15, -0.1) is 0 Å². The fraction of sp³-hybridized carbons (Fsp3) is 0.500. The molecule has 0 bridgehead atoms. The van der Waals surface area contributed by atoms with Gasteiger partial charge in [-0.05, 0) is 36.1 Å². The number of carbonyl (C=O) groups excluding carboxylic acids is 2. The minimum absolute atomic E-state index is 0.00180. The quantitative estimate of drug-likeness (QED) is 0.595. The molecule has 4 aliphatic rings. The molecule has 1 amide bonds. The number of hydrogen-bond donors (Lipinski definition) is 4. The van der Waals surface area contributed by atoms with Crippen molar-refractivity contribution in [1.82, 2.24) is 16.0 Å². The number of halogens is 1. The fourth-order valence-corrected chi connectivity index (χ4v) is 4.39. The third-order valence-electron chi connectivity index (χ3n) is 5.78. The smallest absolute Gasteiger partial charge is 0.224 e. The van der Waals surface area contributed by atoms with Crippen LogP contribution in [0.5, 0.6) is 0 Å². The van der Waals surface area contributed by atoms with Crippen molar-refractivity contribution in [3.8, 4) is 0 Å². The van der Waals surface area contributed by atoms with Crippen molar-refractivity contribution in [1.29, 1.82) is 0 Å². The normalized spacial score (nSPS) is 30.4. The second-order valence-electron chi connectivity index (χ2n) is 7.61. The van der Waals surface area contributed by atoms with Gasteiger partial charge in [0.15, 0.2) is 5.83 Å². The van der Waals surface area contributed by atoms with Gasteiger partial charge in [-0.1, -0.05) is 18.9 Å². The molecule has 3 unspecified atom stereocenters. The first-order valence-corrected chi connectivity index (χ1v) is 9.61. The average molecular weight is 372 g/mol. The van der Waals surface area contributed by atoms with Crippen molar-refractivity contribution < 1.29 is 14.0 Å². The molecular weight excluding hydrogens is 347 g/mol. The van der Waals surface area contributed by atoms with Gasteiger partial charge in [0.05, 0.1) is 12.3 Å². The van der Waals surface area contributed by atoms with Crippen molar-refractivity contribution >= 4 is 11.7 Å². The Labute approximate surface area is 157 Å². The van der Waals surface area contributed by atoms with Gasteiger partial charge in [0.1, 0.15) is 0 Å². The maximum absolute atomic E-state index is 13.9. The van der Waals surface area contributed by atoms with E-state index in [-0.39, 0.29) is 24.4 Å². The summed E-state index contributed by atoms with van der Waals surface area (Å²) < 4.78 is 13.9. The lowest BCUT2D eigenvalue weighted by Crippen LogP contribution is -2.49. The third-order valence-corrected chi connectivity index (χ3v) is 5.78. The van der Waals surface area contributed by atoms with Crippen LogP contribution < -0.4 is 21.7 Å². The highest BCUT2D eigenvalue weighted by Gasteiger charge is 2.40. The van der Waals surface area contributed by atoms with Gasteiger partial charge in [0.25, 0.3) is 0 Å². The Balaban J connectivity index is 1.53. The van der Waals surface area contributed by atoms with Crippen molar-refractivity contribution in [2.24, 2.45) is 11.7 Å². The molecule has 0 spiro atoms. The first kappa shape index (κ1) is 18.1. The van der Waals surface area contributed by atoms with Crippen LogP contribution in [0.25, 0.3) is 0 Å². The number of Topliss-reactive ketones (excluding diaryl/α,β-unsaturated/α-hetero) is 1. The molecule has 1 fully saturated rings. The van der Waals surface area contributed by atoms with E-state index in [4.69, 9.17) is 5.73 Å². The van der Waals surface area contributed by atoms with Crippen LogP contribution in [0.15, 0.2) is 46.6 Å². The van der Waals surface area contributed by atoms with E-state index in [9.17, 15) is 14.0 Å². The Morgan fingerprint density at radius 3 is 2.93 bits per heavy atom. The molecule has 2 aliphatic heterocycles. The van der Waals surface area contributed by atoms with Crippen LogP contribution in [0.2, 0.25) is 0 Å². The van der Waals surface area contributed by atoms with Crippen LogP contribution in [-0.2, 0) is 9.59 Å². The van der Waals surface area contributed by atoms with E-state index in [0.717, 1.165) is 42.5 Å². The summed E-state index contributed by atoms with van der Waals surface area (Å²) in [7, 11) is 0. The predicted molar refractivity (Wildman–Crippen MR) is 99.9 cm³/mol. The number of amides is 1. The number of hydrogen-bond acceptors (Lipinski definition) is 5. The zero-order valence-electron chi connectivity index (χ0n) is 15.2. The third kappa shape index (κ3) is 3.49. The number of allylic oxidation sites excluding steroid dienone is 4. The predicted octanol–water partition coefficient (Wildman–Crippen LogP) is 1.09. The van der Waals surface area contributed by atoms with Crippen molar-refractivity contribution in [2.45, 2.75) is 44.2 Å². The highest BCUT2D eigenvalue weighted by atomic mass is 19.1. The second-order valence-corrected chi connectivity index (χ2v) is 7.61. The largest absolute Gasteiger partial charge is 0.360 e. The van der Waals surface area contributed by atoms with Crippen LogP contribution in [0.1, 0.15) is 32.1 Å². The van der Waals surface area contributed by atoms with E-state index in [1.807, 2.05) is 6.08 Å². The first-order valence-electron chi connectivity index (χ1n) is 9.61. The number of carbonyl (C=O) groups is 2. The summed E-state index contributed by atoms with van der Waals surface area (Å²) in [6, 6.07) is -0.0119. The monoisotopic (exact) mass is 372 g/mol. The lowest BCUT2D eigenvalue weighted by molar-refractivity contribution is -0.122. The minimum atomic E-state index is -0.742. The van der Waals surface area contributed by atoms with E-state index in [1.165, 1.54) is 6.08 Å². The van der Waals surface area contributed by atoms with Crippen molar-refractivity contribution in [3.63, 3.8) is 0 Å². The number of fused-ring (bicyclic) bond motifs is 2. The van der Waals surface area contributed by atoms with E-state index in [2.05, 4.69) is 16.0 Å². The van der Waals surface area contributed by atoms with Gasteiger partial charge in [0.2, 0.25) is 11.7 Å². The fourth-order valence-electron chi connectivity index (χ4n) is 4.39. The van der Waals surface area contributed by atoms with Crippen LogP contribution in [0.4, 0.5) is 4.39 Å². The highest BCUT2D eigenvalue weighted by molar-refractivity contribution is 6.02. The van der Waals surface area contributed by atoms with Crippen LogP contribution in [0, 0.1) is 5.92 Å². The molecule has 4 rings (SSSR count). The van der Waals surface area contributed by atoms with Crippen LogP contribution >= 0.6 is 0 Å². The molecule has 0 aromatic heterocycles. The molecule has 0 aromatic carbocycles. The lowest BCUT2D eigenvalue weighted by Gasteiger charge is -2.29. The van der Waals surface area contributed by atoms with Gasteiger partial charge < -0.3 is 21.7 Å². The molecule has 0 saturated heterocycles. The van der Waals surface area contributed by atoms with Crippen LogP contribution in [-0.4, -0.2) is 36.9 Å². The van der Waals surface area contributed by atoms with E-state index >= 15 is 0 Å². The molecular formula is C20H25FN4O2. The SMILES string of the molecule is NC1CCCCC1NC(=O)CC1=CCNCC2=C1C1C(=O)C(F)=CC=C1N2. The molecule has 0 radical (unpaired) electrons. The van der Waals surface area contributed by atoms with Gasteiger partial charge in [-0.3, -0.25) is 9.59 Å². The van der Waals surface area contributed by atoms with Crippen LogP contribution in [0.3, 0.4) is 0 Å². The number of ketones is 1. The molecule has 7 heteroatoms. The molecule has 3 atom stereocenters. The number of rotatable bonds is 3. The molecule has 27 heavy (non-hydrogen) atoms. The van der Waals surface area contributed by atoms with Crippen molar-refractivity contribution in [3.05, 3.63) is 46.6 Å². The summed E-state index contributed by atoms with van der Waals surface area (Å²) in [6.45, 7) is 1.14. The maximum atomic E-state index is 13.9. The molecule has 5 N–H and O–H groups in total. The second kappa shape index (κ2) is 7.40.